The zero-order chi connectivity index (χ0) is 9.59. The molecule has 0 aliphatic heterocycles. The average molecular weight is 242 g/mol. The standard InChI is InChI=1S/C8H8BrN3O/c1-12-3-4-7(11-12)5(9)2-6(10)8(4)13/h2-3,13H,10H2,1H3. The number of rotatable bonds is 0. The van der Waals surface area contributed by atoms with Crippen molar-refractivity contribution in [2.45, 2.75) is 0 Å². The van der Waals surface area contributed by atoms with Crippen LogP contribution in [0.1, 0.15) is 0 Å². The number of phenols is 1. The van der Waals surface area contributed by atoms with Crippen molar-refractivity contribution in [2.75, 3.05) is 5.73 Å². The van der Waals surface area contributed by atoms with E-state index in [1.807, 2.05) is 0 Å². The molecule has 4 nitrogen and oxygen atoms in total. The molecule has 3 N–H and O–H groups in total. The maximum absolute atomic E-state index is 9.60. The summed E-state index contributed by atoms with van der Waals surface area (Å²) in [6, 6.07) is 1.64. The minimum Gasteiger partial charge on any atom is -0.505 e. The van der Waals surface area contributed by atoms with E-state index in [0.29, 0.717) is 16.6 Å². The van der Waals surface area contributed by atoms with Gasteiger partial charge in [0.25, 0.3) is 0 Å². The molecule has 0 amide bonds. The van der Waals surface area contributed by atoms with Gasteiger partial charge in [0.1, 0.15) is 11.3 Å². The van der Waals surface area contributed by atoms with Crippen LogP contribution in [0, 0.1) is 0 Å². The first-order valence-electron chi connectivity index (χ1n) is 3.70. The number of anilines is 1. The number of phenolic OH excluding ortho intramolecular Hbond substituents is 1. The molecule has 2 aromatic rings. The summed E-state index contributed by atoms with van der Waals surface area (Å²) in [5, 5.41) is 14.4. The number of aryl methyl sites for hydroxylation is 1. The van der Waals surface area contributed by atoms with Gasteiger partial charge in [0.05, 0.1) is 11.1 Å². The lowest BCUT2D eigenvalue weighted by Crippen LogP contribution is -1.86. The van der Waals surface area contributed by atoms with Gasteiger partial charge in [-0.05, 0) is 22.0 Å². The van der Waals surface area contributed by atoms with Gasteiger partial charge in [-0.2, -0.15) is 5.10 Å². The van der Waals surface area contributed by atoms with Gasteiger partial charge in [-0.25, -0.2) is 0 Å². The number of fused-ring (bicyclic) bond motifs is 1. The third-order valence-electron chi connectivity index (χ3n) is 1.87. The van der Waals surface area contributed by atoms with E-state index < -0.39 is 0 Å². The number of nitrogens with two attached hydrogens (primary N) is 1. The first kappa shape index (κ1) is 8.37. The van der Waals surface area contributed by atoms with E-state index in [9.17, 15) is 5.11 Å². The molecular formula is C8H8BrN3O. The maximum atomic E-state index is 9.60. The summed E-state index contributed by atoms with van der Waals surface area (Å²) in [5.74, 6) is 0.0892. The fourth-order valence-electron chi connectivity index (χ4n) is 1.27. The Labute approximate surface area is 83.1 Å². The van der Waals surface area contributed by atoms with E-state index in [4.69, 9.17) is 5.73 Å². The largest absolute Gasteiger partial charge is 0.505 e. The minimum atomic E-state index is 0.0892. The van der Waals surface area contributed by atoms with Crippen LogP contribution in [0.15, 0.2) is 16.7 Å². The highest BCUT2D eigenvalue weighted by Gasteiger charge is 2.10. The van der Waals surface area contributed by atoms with E-state index in [-0.39, 0.29) is 5.75 Å². The molecule has 1 aromatic heterocycles. The van der Waals surface area contributed by atoms with Crippen LogP contribution in [0.2, 0.25) is 0 Å². The summed E-state index contributed by atoms with van der Waals surface area (Å²) < 4.78 is 2.42. The monoisotopic (exact) mass is 241 g/mol. The van der Waals surface area contributed by atoms with Crippen molar-refractivity contribution < 1.29 is 5.11 Å². The minimum absolute atomic E-state index is 0.0892. The number of halogens is 1. The van der Waals surface area contributed by atoms with E-state index in [2.05, 4.69) is 21.0 Å². The Morgan fingerprint density at radius 2 is 2.31 bits per heavy atom. The molecule has 0 aliphatic rings. The van der Waals surface area contributed by atoms with Crippen LogP contribution in [-0.4, -0.2) is 14.9 Å². The molecule has 1 heterocycles. The Hall–Kier alpha value is -1.23. The Balaban J connectivity index is 2.95. The van der Waals surface area contributed by atoms with Gasteiger partial charge >= 0.3 is 0 Å². The van der Waals surface area contributed by atoms with Crippen LogP contribution in [0.5, 0.6) is 5.75 Å². The number of hydrogen-bond acceptors (Lipinski definition) is 3. The SMILES string of the molecule is Cn1cc2c(O)c(N)cc(Br)c2n1. The molecule has 5 heteroatoms. The number of nitrogen functional groups attached to an aromatic ring is 1. The lowest BCUT2D eigenvalue weighted by molar-refractivity contribution is 0.484. The molecule has 0 unspecified atom stereocenters. The predicted octanol–water partition coefficient (Wildman–Crippen LogP) is 1.62. The molecule has 68 valence electrons. The first-order valence-corrected chi connectivity index (χ1v) is 4.49. The van der Waals surface area contributed by atoms with Crippen LogP contribution in [0.3, 0.4) is 0 Å². The lowest BCUT2D eigenvalue weighted by Gasteiger charge is -2.00. The van der Waals surface area contributed by atoms with E-state index >= 15 is 0 Å². The van der Waals surface area contributed by atoms with Crippen molar-refractivity contribution in [1.82, 2.24) is 9.78 Å². The summed E-state index contributed by atoms with van der Waals surface area (Å²) in [6.45, 7) is 0. The Bertz CT molecular complexity index is 478. The van der Waals surface area contributed by atoms with E-state index in [1.165, 1.54) is 0 Å². The van der Waals surface area contributed by atoms with Gasteiger partial charge in [0, 0.05) is 17.7 Å². The quantitative estimate of drug-likeness (QED) is 0.545. The number of aromatic nitrogens is 2. The fraction of sp³-hybridized carbons (Fsp3) is 0.125. The number of hydrogen-bond donors (Lipinski definition) is 2. The second-order valence-corrected chi connectivity index (χ2v) is 3.72. The second kappa shape index (κ2) is 2.63. The highest BCUT2D eigenvalue weighted by molar-refractivity contribution is 9.10. The Kier molecular flexibility index (Phi) is 1.69. The Morgan fingerprint density at radius 3 is 3.00 bits per heavy atom. The maximum Gasteiger partial charge on any atom is 0.149 e. The summed E-state index contributed by atoms with van der Waals surface area (Å²) >= 11 is 3.33. The van der Waals surface area contributed by atoms with Gasteiger partial charge in [0.2, 0.25) is 0 Å². The molecule has 0 radical (unpaired) electrons. The molecule has 0 saturated heterocycles. The molecule has 13 heavy (non-hydrogen) atoms. The highest BCUT2D eigenvalue weighted by atomic mass is 79.9. The predicted molar refractivity (Wildman–Crippen MR) is 54.5 cm³/mol. The number of nitrogens with zero attached hydrogens (tertiary/aromatic N) is 2. The molecular weight excluding hydrogens is 234 g/mol. The lowest BCUT2D eigenvalue weighted by atomic mass is 10.2. The van der Waals surface area contributed by atoms with Gasteiger partial charge in [-0.15, -0.1) is 0 Å². The third-order valence-corrected chi connectivity index (χ3v) is 2.47. The molecule has 0 atom stereocenters. The Morgan fingerprint density at radius 1 is 1.62 bits per heavy atom. The van der Waals surface area contributed by atoms with Gasteiger partial charge in [-0.3, -0.25) is 4.68 Å². The van der Waals surface area contributed by atoms with Gasteiger partial charge in [0.15, 0.2) is 0 Å². The van der Waals surface area contributed by atoms with Crippen molar-refractivity contribution in [1.29, 1.82) is 0 Å². The molecule has 0 bridgehead atoms. The van der Waals surface area contributed by atoms with Crippen LogP contribution in [0.4, 0.5) is 5.69 Å². The van der Waals surface area contributed by atoms with Crippen LogP contribution in [0.25, 0.3) is 10.9 Å². The first-order chi connectivity index (χ1) is 6.09. The van der Waals surface area contributed by atoms with E-state index in [0.717, 1.165) is 4.47 Å². The molecule has 1 aromatic carbocycles. The van der Waals surface area contributed by atoms with Crippen molar-refractivity contribution >= 4 is 32.5 Å². The van der Waals surface area contributed by atoms with Gasteiger partial charge < -0.3 is 10.8 Å². The van der Waals surface area contributed by atoms with Crippen molar-refractivity contribution in [3.8, 4) is 5.75 Å². The van der Waals surface area contributed by atoms with Crippen LogP contribution >= 0.6 is 15.9 Å². The molecule has 2 rings (SSSR count). The summed E-state index contributed by atoms with van der Waals surface area (Å²) in [6.07, 6.45) is 1.73. The third kappa shape index (κ3) is 1.16. The van der Waals surface area contributed by atoms with Crippen LogP contribution in [-0.2, 0) is 7.05 Å². The molecule has 0 spiro atoms. The molecule has 0 fully saturated rings. The second-order valence-electron chi connectivity index (χ2n) is 2.86. The zero-order valence-corrected chi connectivity index (χ0v) is 8.54. The average Bonchev–Trinajstić information content (AvgIpc) is 2.44. The van der Waals surface area contributed by atoms with Crippen molar-refractivity contribution in [2.24, 2.45) is 7.05 Å². The molecule has 0 aliphatic carbocycles. The fourth-order valence-corrected chi connectivity index (χ4v) is 1.81. The smallest absolute Gasteiger partial charge is 0.149 e. The highest BCUT2D eigenvalue weighted by Crippen LogP contribution is 2.34. The summed E-state index contributed by atoms with van der Waals surface area (Å²) in [4.78, 5) is 0. The van der Waals surface area contributed by atoms with Crippen molar-refractivity contribution in [3.05, 3.63) is 16.7 Å². The summed E-state index contributed by atoms with van der Waals surface area (Å²) in [7, 11) is 1.79. The van der Waals surface area contributed by atoms with Crippen LogP contribution < -0.4 is 5.73 Å². The number of aromatic hydroxyl groups is 1. The normalized spacial score (nSPS) is 10.9. The number of benzene rings is 1. The van der Waals surface area contributed by atoms with Crippen molar-refractivity contribution in [3.63, 3.8) is 0 Å². The topological polar surface area (TPSA) is 64.1 Å². The molecule has 0 saturated carbocycles. The zero-order valence-electron chi connectivity index (χ0n) is 6.95. The van der Waals surface area contributed by atoms with E-state index in [1.54, 1.807) is 24.0 Å². The summed E-state index contributed by atoms with van der Waals surface area (Å²) in [5.41, 5.74) is 6.65. The van der Waals surface area contributed by atoms with Gasteiger partial charge in [-0.1, -0.05) is 0 Å².